The molecular formula is C28H34ClN3O4S. The fraction of sp³-hybridized carbons (Fsp3) is 0.500. The van der Waals surface area contributed by atoms with Crippen LogP contribution < -0.4 is 5.32 Å². The van der Waals surface area contributed by atoms with Crippen LogP contribution in [0.25, 0.3) is 0 Å². The number of amides is 2. The number of hydrogen-bond acceptors (Lipinski definition) is 5. The number of aliphatic carboxylic acids is 1. The molecule has 1 aliphatic carbocycles. The molecule has 2 N–H and O–H groups in total. The Labute approximate surface area is 226 Å². The fourth-order valence-electron chi connectivity index (χ4n) is 5.32. The molecule has 1 saturated carbocycles. The van der Waals surface area contributed by atoms with Crippen LogP contribution in [0.2, 0.25) is 4.34 Å². The predicted molar refractivity (Wildman–Crippen MR) is 146 cm³/mol. The van der Waals surface area contributed by atoms with Crippen molar-refractivity contribution in [2.24, 2.45) is 16.3 Å². The summed E-state index contributed by atoms with van der Waals surface area (Å²) in [5.74, 6) is -0.697. The molecule has 2 aromatic rings. The first-order chi connectivity index (χ1) is 17.5. The second-order valence-electron chi connectivity index (χ2n) is 11.0. The van der Waals surface area contributed by atoms with E-state index in [-0.39, 0.29) is 30.2 Å². The van der Waals surface area contributed by atoms with Crippen LogP contribution in [-0.2, 0) is 16.0 Å². The average molecular weight is 544 g/mol. The zero-order valence-electron chi connectivity index (χ0n) is 21.6. The Morgan fingerprint density at radius 3 is 2.41 bits per heavy atom. The summed E-state index contributed by atoms with van der Waals surface area (Å²) < 4.78 is 0.640. The molecule has 1 fully saturated rings. The normalized spacial score (nSPS) is 21.8. The van der Waals surface area contributed by atoms with E-state index in [0.29, 0.717) is 34.5 Å². The summed E-state index contributed by atoms with van der Waals surface area (Å²) in [5, 5.41) is 11.3. The van der Waals surface area contributed by atoms with E-state index in [1.807, 2.05) is 29.2 Å². The van der Waals surface area contributed by atoms with Crippen LogP contribution in [0, 0.1) is 11.3 Å². The number of carboxylic acids is 1. The van der Waals surface area contributed by atoms with Gasteiger partial charge in [0, 0.05) is 18.7 Å². The number of carbonyl (C=O) groups excluding carboxylic acids is 2. The number of halogens is 1. The van der Waals surface area contributed by atoms with E-state index in [4.69, 9.17) is 21.7 Å². The molecule has 0 radical (unpaired) electrons. The summed E-state index contributed by atoms with van der Waals surface area (Å²) in [5.41, 5.74) is 1.71. The maximum Gasteiger partial charge on any atom is 0.305 e. The van der Waals surface area contributed by atoms with Gasteiger partial charge < -0.3 is 15.3 Å². The van der Waals surface area contributed by atoms with Crippen LogP contribution in [0.1, 0.15) is 73.7 Å². The topological polar surface area (TPSA) is 99.1 Å². The lowest BCUT2D eigenvalue weighted by atomic mass is 9.69. The van der Waals surface area contributed by atoms with Crippen molar-refractivity contribution in [1.29, 1.82) is 0 Å². The summed E-state index contributed by atoms with van der Waals surface area (Å²) in [6.07, 6.45) is 4.28. The SMILES string of the molecule is CC(C)(C)C1CCC2(CC1)N=C(c1ccc(Cl)s1)C(=O)N2CCc1ccc(C(=O)NCCC(=O)O)cc1. The Kier molecular flexibility index (Phi) is 8.09. The lowest BCUT2D eigenvalue weighted by Gasteiger charge is -2.45. The molecule has 198 valence electrons. The highest BCUT2D eigenvalue weighted by Gasteiger charge is 2.50. The van der Waals surface area contributed by atoms with Gasteiger partial charge >= 0.3 is 5.97 Å². The van der Waals surface area contributed by atoms with Crippen LogP contribution in [0.5, 0.6) is 0 Å². The van der Waals surface area contributed by atoms with Crippen molar-refractivity contribution < 1.29 is 19.5 Å². The monoisotopic (exact) mass is 543 g/mol. The molecule has 7 nitrogen and oxygen atoms in total. The predicted octanol–water partition coefficient (Wildman–Crippen LogP) is 5.41. The van der Waals surface area contributed by atoms with Crippen molar-refractivity contribution in [2.75, 3.05) is 13.1 Å². The molecule has 4 rings (SSSR count). The molecule has 1 aromatic heterocycles. The first kappa shape index (κ1) is 27.3. The standard InChI is InChI=1S/C28H34ClN3O4S/c1-27(2,3)20-10-14-28(15-11-20)31-24(21-8-9-22(29)37-21)26(36)32(28)17-13-18-4-6-19(7-5-18)25(35)30-16-12-23(33)34/h4-9,20H,10-17H2,1-3H3,(H,30,35)(H,33,34). The Balaban J connectivity index is 1.47. The van der Waals surface area contributed by atoms with Gasteiger partial charge in [0.2, 0.25) is 0 Å². The number of nitrogens with zero attached hydrogens (tertiary/aromatic N) is 2. The van der Waals surface area contributed by atoms with Gasteiger partial charge in [0.25, 0.3) is 11.8 Å². The van der Waals surface area contributed by atoms with Gasteiger partial charge in [-0.25, -0.2) is 4.99 Å². The van der Waals surface area contributed by atoms with Crippen LogP contribution in [-0.4, -0.2) is 52.3 Å². The molecule has 0 unspecified atom stereocenters. The first-order valence-electron chi connectivity index (χ1n) is 12.7. The molecular weight excluding hydrogens is 510 g/mol. The van der Waals surface area contributed by atoms with Gasteiger partial charge in [-0.1, -0.05) is 44.5 Å². The molecule has 1 spiro atoms. The molecule has 37 heavy (non-hydrogen) atoms. The lowest BCUT2D eigenvalue weighted by molar-refractivity contribution is -0.136. The van der Waals surface area contributed by atoms with Crippen LogP contribution in [0.3, 0.4) is 0 Å². The van der Waals surface area contributed by atoms with Crippen LogP contribution in [0.4, 0.5) is 0 Å². The van der Waals surface area contributed by atoms with Gasteiger partial charge in [-0.05, 0) is 73.3 Å². The molecule has 9 heteroatoms. The number of carboxylic acid groups (broad SMARTS) is 1. The maximum atomic E-state index is 13.6. The summed E-state index contributed by atoms with van der Waals surface area (Å²) in [6.45, 7) is 7.47. The van der Waals surface area contributed by atoms with E-state index in [9.17, 15) is 14.4 Å². The average Bonchev–Trinajstić information content (AvgIpc) is 3.38. The second kappa shape index (κ2) is 11.0. The lowest BCUT2D eigenvalue weighted by Crippen LogP contribution is -2.50. The zero-order valence-corrected chi connectivity index (χ0v) is 23.1. The van der Waals surface area contributed by atoms with Crippen molar-refractivity contribution in [3.63, 3.8) is 0 Å². The summed E-state index contributed by atoms with van der Waals surface area (Å²) in [7, 11) is 0. The molecule has 2 aliphatic rings. The third-order valence-electron chi connectivity index (χ3n) is 7.55. The highest BCUT2D eigenvalue weighted by molar-refractivity contribution is 7.18. The highest BCUT2D eigenvalue weighted by atomic mass is 35.5. The molecule has 2 amide bonds. The molecule has 2 heterocycles. The second-order valence-corrected chi connectivity index (χ2v) is 12.7. The Hall–Kier alpha value is -2.71. The van der Waals surface area contributed by atoms with Gasteiger partial charge in [-0.2, -0.15) is 0 Å². The number of thiophene rings is 1. The Bertz CT molecular complexity index is 1190. The molecule has 0 saturated heterocycles. The Morgan fingerprint density at radius 2 is 1.84 bits per heavy atom. The van der Waals surface area contributed by atoms with Crippen molar-refractivity contribution in [2.45, 2.75) is 65.0 Å². The summed E-state index contributed by atoms with van der Waals surface area (Å²) in [4.78, 5) is 44.4. The van der Waals surface area contributed by atoms with E-state index in [1.165, 1.54) is 11.3 Å². The Morgan fingerprint density at radius 1 is 1.16 bits per heavy atom. The van der Waals surface area contributed by atoms with Crippen molar-refractivity contribution in [3.8, 4) is 0 Å². The number of aliphatic imine (C=N–C) groups is 1. The highest BCUT2D eigenvalue weighted by Crippen LogP contribution is 2.47. The minimum absolute atomic E-state index is 0.0397. The van der Waals surface area contributed by atoms with Gasteiger partial charge in [-0.15, -0.1) is 11.3 Å². The quantitative estimate of drug-likeness (QED) is 0.465. The molecule has 0 atom stereocenters. The van der Waals surface area contributed by atoms with E-state index in [1.54, 1.807) is 12.1 Å². The van der Waals surface area contributed by atoms with Gasteiger partial charge in [0.1, 0.15) is 11.4 Å². The van der Waals surface area contributed by atoms with Gasteiger partial charge in [0.05, 0.1) is 15.6 Å². The zero-order chi connectivity index (χ0) is 26.8. The number of nitrogens with one attached hydrogen (secondary N) is 1. The van der Waals surface area contributed by atoms with Crippen LogP contribution >= 0.6 is 22.9 Å². The van der Waals surface area contributed by atoms with Gasteiger partial charge in [-0.3, -0.25) is 14.4 Å². The third-order valence-corrected chi connectivity index (χ3v) is 8.79. The maximum absolute atomic E-state index is 13.6. The minimum atomic E-state index is -0.953. The smallest absolute Gasteiger partial charge is 0.305 e. The summed E-state index contributed by atoms with van der Waals surface area (Å²) >= 11 is 7.56. The van der Waals surface area contributed by atoms with E-state index >= 15 is 0 Å². The third kappa shape index (κ3) is 6.24. The van der Waals surface area contributed by atoms with E-state index in [2.05, 4.69) is 26.1 Å². The molecule has 1 aliphatic heterocycles. The number of carbonyl (C=O) groups is 3. The van der Waals surface area contributed by atoms with Gasteiger partial charge in [0.15, 0.2) is 0 Å². The first-order valence-corrected chi connectivity index (χ1v) is 13.9. The fourth-order valence-corrected chi connectivity index (χ4v) is 6.35. The van der Waals surface area contributed by atoms with Crippen LogP contribution in [0.15, 0.2) is 41.4 Å². The summed E-state index contributed by atoms with van der Waals surface area (Å²) in [6, 6.07) is 10.9. The van der Waals surface area contributed by atoms with Crippen molar-refractivity contribution in [1.82, 2.24) is 10.2 Å². The molecule has 1 aromatic carbocycles. The van der Waals surface area contributed by atoms with E-state index < -0.39 is 11.6 Å². The van der Waals surface area contributed by atoms with Crippen molar-refractivity contribution >= 4 is 46.4 Å². The van der Waals surface area contributed by atoms with E-state index in [0.717, 1.165) is 36.1 Å². The largest absolute Gasteiger partial charge is 0.481 e. The number of benzene rings is 1. The number of rotatable bonds is 8. The van der Waals surface area contributed by atoms with Crippen molar-refractivity contribution in [3.05, 3.63) is 56.7 Å². The molecule has 0 bridgehead atoms. The minimum Gasteiger partial charge on any atom is -0.481 e. The number of hydrogen-bond donors (Lipinski definition) is 2.